The summed E-state index contributed by atoms with van der Waals surface area (Å²) >= 11 is 7.21. The lowest BCUT2D eigenvalue weighted by molar-refractivity contribution is -0.0220. The Morgan fingerprint density at radius 1 is 1.00 bits per heavy atom. The molecule has 0 saturated carbocycles. The number of carbonyl (C=O) groups is 1. The largest absolute Gasteiger partial charge is 0.490 e. The number of Topliss-reactive ketones (excluding diaryl/α,β-unsaturated/α-hetero) is 1. The Hall–Kier alpha value is -0.510. The minimum absolute atomic E-state index is 0.174. The van der Waals surface area contributed by atoms with Gasteiger partial charge < -0.3 is 14.2 Å². The lowest BCUT2D eigenvalue weighted by Crippen LogP contribution is -2.57. The molecular weight excluding hydrogens is 492 g/mol. The van der Waals surface area contributed by atoms with E-state index < -0.39 is 5.41 Å². The van der Waals surface area contributed by atoms with Crippen molar-refractivity contribution in [1.82, 2.24) is 9.80 Å². The van der Waals surface area contributed by atoms with Crippen molar-refractivity contribution in [3.63, 3.8) is 0 Å². The summed E-state index contributed by atoms with van der Waals surface area (Å²) in [5, 5.41) is 0. The highest BCUT2D eigenvalue weighted by Crippen LogP contribution is 2.44. The second-order valence-electron chi connectivity index (χ2n) is 7.85. The summed E-state index contributed by atoms with van der Waals surface area (Å²) < 4.78 is 19.0. The number of hydrogen-bond donors (Lipinski definition) is 0. The van der Waals surface area contributed by atoms with Gasteiger partial charge in [-0.3, -0.25) is 14.6 Å². The maximum atomic E-state index is 13.9. The molecule has 1 aromatic rings. The first-order chi connectivity index (χ1) is 13.5. The van der Waals surface area contributed by atoms with Crippen molar-refractivity contribution in [2.24, 2.45) is 5.41 Å². The van der Waals surface area contributed by atoms with E-state index in [-0.39, 0.29) is 5.78 Å². The molecule has 6 nitrogen and oxygen atoms in total. The number of carbonyl (C=O) groups excluding carboxylic acids is 1. The number of benzene rings is 1. The molecule has 0 bridgehead atoms. The van der Waals surface area contributed by atoms with Crippen LogP contribution in [0.15, 0.2) is 15.0 Å². The van der Waals surface area contributed by atoms with Crippen LogP contribution in [0.4, 0.5) is 0 Å². The number of nitrogens with zero attached hydrogens (tertiary/aromatic N) is 2. The number of rotatable bonds is 4. The van der Waals surface area contributed by atoms with Crippen LogP contribution in [0.3, 0.4) is 0 Å². The fraction of sp³-hybridized carbons (Fsp3) is 0.650. The molecule has 1 aromatic carbocycles. The molecule has 0 aliphatic carbocycles. The fourth-order valence-electron chi connectivity index (χ4n) is 4.22. The maximum absolute atomic E-state index is 13.9. The number of fused-ring (bicyclic) bond motifs is 1. The van der Waals surface area contributed by atoms with Crippen LogP contribution >= 0.6 is 31.9 Å². The van der Waals surface area contributed by atoms with Crippen LogP contribution in [-0.4, -0.2) is 87.9 Å². The zero-order chi connectivity index (χ0) is 19.7. The van der Waals surface area contributed by atoms with Crippen LogP contribution < -0.4 is 4.74 Å². The Balaban J connectivity index is 1.67. The normalized spacial score (nSPS) is 23.3. The van der Waals surface area contributed by atoms with Gasteiger partial charge in [0.25, 0.3) is 0 Å². The van der Waals surface area contributed by atoms with E-state index in [1.165, 1.54) is 0 Å². The van der Waals surface area contributed by atoms with Crippen molar-refractivity contribution >= 4 is 37.6 Å². The van der Waals surface area contributed by atoms with Crippen molar-refractivity contribution in [1.29, 1.82) is 0 Å². The van der Waals surface area contributed by atoms with Gasteiger partial charge in [-0.05, 0) is 34.5 Å². The number of halogens is 2. The first-order valence-electron chi connectivity index (χ1n) is 9.76. The Morgan fingerprint density at radius 2 is 1.54 bits per heavy atom. The van der Waals surface area contributed by atoms with Crippen molar-refractivity contribution < 1.29 is 19.0 Å². The lowest BCUT2D eigenvalue weighted by Gasteiger charge is -2.44. The van der Waals surface area contributed by atoms with Gasteiger partial charge in [0.05, 0.1) is 41.9 Å². The van der Waals surface area contributed by atoms with Gasteiger partial charge in [0.1, 0.15) is 12.4 Å². The zero-order valence-electron chi connectivity index (χ0n) is 16.1. The van der Waals surface area contributed by atoms with Gasteiger partial charge in [0, 0.05) is 43.7 Å². The van der Waals surface area contributed by atoms with Crippen LogP contribution in [0.5, 0.6) is 5.75 Å². The molecule has 2 fully saturated rings. The average Bonchev–Trinajstić information content (AvgIpc) is 2.71. The molecule has 0 unspecified atom stereocenters. The summed E-state index contributed by atoms with van der Waals surface area (Å²) in [5.74, 6) is 0.846. The van der Waals surface area contributed by atoms with Crippen LogP contribution in [-0.2, 0) is 9.47 Å². The van der Waals surface area contributed by atoms with Gasteiger partial charge in [0.2, 0.25) is 0 Å². The number of ether oxygens (including phenoxy) is 3. The molecule has 0 atom stereocenters. The van der Waals surface area contributed by atoms with E-state index in [9.17, 15) is 4.79 Å². The highest BCUT2D eigenvalue weighted by molar-refractivity contribution is 9.11. The van der Waals surface area contributed by atoms with Gasteiger partial charge in [-0.1, -0.05) is 15.9 Å². The smallest absolute Gasteiger partial charge is 0.178 e. The van der Waals surface area contributed by atoms with Gasteiger partial charge in [-0.15, -0.1) is 0 Å². The van der Waals surface area contributed by atoms with Crippen LogP contribution in [0.25, 0.3) is 0 Å². The summed E-state index contributed by atoms with van der Waals surface area (Å²) in [6.45, 7) is 10.1. The van der Waals surface area contributed by atoms with Gasteiger partial charge in [-0.25, -0.2) is 0 Å². The molecule has 3 aliphatic heterocycles. The molecule has 0 spiro atoms. The molecule has 0 amide bonds. The van der Waals surface area contributed by atoms with E-state index in [0.717, 1.165) is 67.1 Å². The van der Waals surface area contributed by atoms with Crippen molar-refractivity contribution in [2.45, 2.75) is 6.92 Å². The van der Waals surface area contributed by atoms with Gasteiger partial charge >= 0.3 is 0 Å². The zero-order valence-corrected chi connectivity index (χ0v) is 19.3. The first kappa shape index (κ1) is 20.8. The molecule has 154 valence electrons. The quantitative estimate of drug-likeness (QED) is 0.612. The van der Waals surface area contributed by atoms with Crippen LogP contribution in [0, 0.1) is 12.3 Å². The molecule has 3 aliphatic rings. The van der Waals surface area contributed by atoms with Crippen molar-refractivity contribution in [3.05, 3.63) is 26.1 Å². The third-order valence-corrected chi connectivity index (χ3v) is 7.66. The SMILES string of the molecule is Cc1c(Br)cc2c(c1Br)OCC(CN1CCOCC1)(CN1CCOCC1)C2=O. The second-order valence-corrected chi connectivity index (χ2v) is 9.50. The second kappa shape index (κ2) is 8.70. The molecule has 0 N–H and O–H groups in total. The van der Waals surface area contributed by atoms with Gasteiger partial charge in [-0.2, -0.15) is 0 Å². The van der Waals surface area contributed by atoms with Crippen LogP contribution in [0.2, 0.25) is 0 Å². The van der Waals surface area contributed by atoms with E-state index >= 15 is 0 Å². The Kier molecular flexibility index (Phi) is 6.44. The Labute approximate surface area is 182 Å². The molecule has 28 heavy (non-hydrogen) atoms. The predicted octanol–water partition coefficient (Wildman–Crippen LogP) is 2.75. The third kappa shape index (κ3) is 4.04. The highest BCUT2D eigenvalue weighted by Gasteiger charge is 2.47. The molecule has 0 radical (unpaired) electrons. The van der Waals surface area contributed by atoms with E-state index in [4.69, 9.17) is 14.2 Å². The van der Waals surface area contributed by atoms with E-state index in [0.29, 0.717) is 31.0 Å². The maximum Gasteiger partial charge on any atom is 0.178 e. The molecule has 4 rings (SSSR count). The minimum atomic E-state index is -0.587. The monoisotopic (exact) mass is 516 g/mol. The summed E-state index contributed by atoms with van der Waals surface area (Å²) in [7, 11) is 0. The van der Waals surface area contributed by atoms with Crippen LogP contribution in [0.1, 0.15) is 15.9 Å². The Morgan fingerprint density at radius 3 is 2.07 bits per heavy atom. The minimum Gasteiger partial charge on any atom is -0.490 e. The van der Waals surface area contributed by atoms with Gasteiger partial charge in [0.15, 0.2) is 5.78 Å². The molecule has 0 aromatic heterocycles. The summed E-state index contributed by atoms with van der Waals surface area (Å²) in [4.78, 5) is 18.5. The summed E-state index contributed by atoms with van der Waals surface area (Å²) in [5.41, 5.74) is 1.12. The predicted molar refractivity (Wildman–Crippen MR) is 113 cm³/mol. The van der Waals surface area contributed by atoms with Crippen molar-refractivity contribution in [3.8, 4) is 5.75 Å². The Bertz CT molecular complexity index is 726. The standard InChI is InChI=1S/C20H26Br2N2O4/c1-14-16(21)10-15-18(17(14)22)28-13-20(19(15)25,11-23-2-6-26-7-3-23)12-24-4-8-27-9-5-24/h10H,2-9,11-13H2,1H3. The fourth-order valence-corrected chi connectivity index (χ4v) is 5.46. The number of morpholine rings is 2. The molecule has 3 heterocycles. The van der Waals surface area contributed by atoms with E-state index in [1.54, 1.807) is 0 Å². The summed E-state index contributed by atoms with van der Waals surface area (Å²) in [6, 6.07) is 1.92. The lowest BCUT2D eigenvalue weighted by atomic mass is 9.77. The highest BCUT2D eigenvalue weighted by atomic mass is 79.9. The average molecular weight is 518 g/mol. The topological polar surface area (TPSA) is 51.2 Å². The number of ketones is 1. The van der Waals surface area contributed by atoms with E-state index in [1.807, 2.05) is 13.0 Å². The van der Waals surface area contributed by atoms with Crippen molar-refractivity contribution in [2.75, 3.05) is 72.3 Å². The molecular formula is C20H26Br2N2O4. The summed E-state index contributed by atoms with van der Waals surface area (Å²) in [6.07, 6.45) is 0. The third-order valence-electron chi connectivity index (χ3n) is 5.88. The molecule has 2 saturated heterocycles. The van der Waals surface area contributed by atoms with E-state index in [2.05, 4.69) is 41.7 Å². The first-order valence-corrected chi connectivity index (χ1v) is 11.4. The number of hydrogen-bond acceptors (Lipinski definition) is 6. The molecule has 8 heteroatoms.